The molecule has 3 aromatic rings. The normalized spacial score (nSPS) is 13.3. The molecule has 1 atom stereocenters. The van der Waals surface area contributed by atoms with E-state index in [1.54, 1.807) is 6.26 Å². The van der Waals surface area contributed by atoms with Crippen LogP contribution in [0.4, 0.5) is 5.13 Å². The number of nitrogens with zero attached hydrogens (tertiary/aromatic N) is 2. The van der Waals surface area contributed by atoms with Gasteiger partial charge in [-0.2, -0.15) is 0 Å². The summed E-state index contributed by atoms with van der Waals surface area (Å²) in [6, 6.07) is 9.25. The van der Waals surface area contributed by atoms with E-state index in [9.17, 15) is 4.79 Å². The van der Waals surface area contributed by atoms with E-state index >= 15 is 0 Å². The lowest BCUT2D eigenvalue weighted by molar-refractivity contribution is -0.119. The van der Waals surface area contributed by atoms with Crippen LogP contribution in [0.1, 0.15) is 24.3 Å². The third-order valence-corrected chi connectivity index (χ3v) is 6.02. The Labute approximate surface area is 169 Å². The van der Waals surface area contributed by atoms with Crippen LogP contribution < -0.4 is 20.1 Å². The van der Waals surface area contributed by atoms with Crippen LogP contribution in [0.3, 0.4) is 0 Å². The van der Waals surface area contributed by atoms with Crippen LogP contribution in [0.25, 0.3) is 0 Å². The molecule has 10 heteroatoms. The molecule has 0 saturated heterocycles. The molecule has 0 saturated carbocycles. The van der Waals surface area contributed by atoms with Gasteiger partial charge in [-0.25, -0.2) is 0 Å². The highest BCUT2D eigenvalue weighted by Gasteiger charge is 2.17. The lowest BCUT2D eigenvalue weighted by atomic mass is 10.1. The molecule has 1 aliphatic rings. The molecule has 8 nitrogen and oxygen atoms in total. The van der Waals surface area contributed by atoms with Gasteiger partial charge in [0.2, 0.25) is 17.8 Å². The highest BCUT2D eigenvalue weighted by atomic mass is 32.2. The molecule has 0 spiro atoms. The highest BCUT2D eigenvalue weighted by Crippen LogP contribution is 2.34. The van der Waals surface area contributed by atoms with Crippen molar-refractivity contribution >= 4 is 34.1 Å². The first-order valence-electron chi connectivity index (χ1n) is 8.59. The molecule has 1 amide bonds. The average molecular weight is 419 g/mol. The number of nitrogens with one attached hydrogen (secondary N) is 2. The Kier molecular flexibility index (Phi) is 5.68. The minimum absolute atomic E-state index is 0.0736. The molecule has 1 aliphatic heterocycles. The van der Waals surface area contributed by atoms with Gasteiger partial charge in [0.15, 0.2) is 15.8 Å². The van der Waals surface area contributed by atoms with Gasteiger partial charge in [-0.1, -0.05) is 29.2 Å². The zero-order valence-corrected chi connectivity index (χ0v) is 16.6. The van der Waals surface area contributed by atoms with Crippen LogP contribution in [0.5, 0.6) is 11.5 Å². The predicted octanol–water partition coefficient (Wildman–Crippen LogP) is 3.44. The lowest BCUT2D eigenvalue weighted by Crippen LogP contribution is -2.28. The van der Waals surface area contributed by atoms with Gasteiger partial charge < -0.3 is 24.5 Å². The van der Waals surface area contributed by atoms with Crippen molar-refractivity contribution in [1.29, 1.82) is 0 Å². The van der Waals surface area contributed by atoms with E-state index in [0.29, 0.717) is 17.4 Å². The number of amides is 1. The maximum Gasteiger partial charge on any atom is 0.231 e. The van der Waals surface area contributed by atoms with Crippen molar-refractivity contribution in [1.82, 2.24) is 15.5 Å². The van der Waals surface area contributed by atoms with Gasteiger partial charge in [0.1, 0.15) is 5.76 Å². The number of furan rings is 1. The molecule has 0 radical (unpaired) electrons. The average Bonchev–Trinajstić information content (AvgIpc) is 3.45. The van der Waals surface area contributed by atoms with Gasteiger partial charge in [-0.15, -0.1) is 10.2 Å². The quantitative estimate of drug-likeness (QED) is 0.537. The van der Waals surface area contributed by atoms with E-state index in [1.807, 2.05) is 37.3 Å². The molecule has 1 aromatic carbocycles. The molecular formula is C18H18N4O4S2. The largest absolute Gasteiger partial charge is 0.467 e. The van der Waals surface area contributed by atoms with Crippen molar-refractivity contribution in [3.05, 3.63) is 47.9 Å². The number of rotatable bonds is 8. The summed E-state index contributed by atoms with van der Waals surface area (Å²) < 4.78 is 16.7. The summed E-state index contributed by atoms with van der Waals surface area (Å²) in [5.74, 6) is 2.44. The predicted molar refractivity (Wildman–Crippen MR) is 106 cm³/mol. The Morgan fingerprint density at radius 2 is 2.18 bits per heavy atom. The zero-order valence-electron chi connectivity index (χ0n) is 15.0. The second-order valence-corrected chi connectivity index (χ2v) is 8.20. The van der Waals surface area contributed by atoms with Gasteiger partial charge in [-0.05, 0) is 36.8 Å². The molecular weight excluding hydrogens is 400 g/mol. The molecule has 3 heterocycles. The van der Waals surface area contributed by atoms with Gasteiger partial charge in [-0.3, -0.25) is 4.79 Å². The Bertz CT molecular complexity index is 945. The molecule has 1 unspecified atom stereocenters. The first kappa shape index (κ1) is 18.6. The molecule has 28 heavy (non-hydrogen) atoms. The number of hydrogen-bond acceptors (Lipinski definition) is 9. The van der Waals surface area contributed by atoms with Crippen LogP contribution in [0.15, 0.2) is 45.4 Å². The maximum absolute atomic E-state index is 12.3. The Balaban J connectivity index is 1.24. The maximum atomic E-state index is 12.3. The summed E-state index contributed by atoms with van der Waals surface area (Å²) in [7, 11) is 0. The van der Waals surface area contributed by atoms with E-state index in [4.69, 9.17) is 13.9 Å². The summed E-state index contributed by atoms with van der Waals surface area (Å²) in [5, 5.41) is 15.0. The van der Waals surface area contributed by atoms with Crippen molar-refractivity contribution in [2.24, 2.45) is 0 Å². The minimum Gasteiger partial charge on any atom is -0.467 e. The number of hydrogen-bond donors (Lipinski definition) is 2. The first-order valence-corrected chi connectivity index (χ1v) is 10.4. The standard InChI is InChI=1S/C18H18N4O4S2/c1-11(12-4-5-14-15(7-12)26-10-25-14)20-16(23)9-27-18-22-21-17(28-18)19-8-13-3-2-6-24-13/h2-7,11H,8-10H2,1H3,(H,19,21)(H,20,23). The summed E-state index contributed by atoms with van der Waals surface area (Å²) in [5.41, 5.74) is 0.961. The SMILES string of the molecule is CC(NC(=O)CSc1nnc(NCc2ccco2)s1)c1ccc2c(c1)OCO2. The van der Waals surface area contributed by atoms with Crippen molar-refractivity contribution in [3.63, 3.8) is 0 Å². The Morgan fingerprint density at radius 3 is 3.04 bits per heavy atom. The number of anilines is 1. The lowest BCUT2D eigenvalue weighted by Gasteiger charge is -2.14. The fourth-order valence-corrected chi connectivity index (χ4v) is 4.15. The van der Waals surface area contributed by atoms with Crippen LogP contribution in [0, 0.1) is 0 Å². The number of carbonyl (C=O) groups excluding carboxylic acids is 1. The van der Waals surface area contributed by atoms with E-state index < -0.39 is 0 Å². The molecule has 0 fully saturated rings. The number of benzene rings is 1. The highest BCUT2D eigenvalue weighted by molar-refractivity contribution is 8.01. The molecule has 4 rings (SSSR count). The fraction of sp³-hybridized carbons (Fsp3) is 0.278. The molecule has 0 aliphatic carbocycles. The van der Waals surface area contributed by atoms with Crippen LogP contribution in [-0.4, -0.2) is 28.7 Å². The minimum atomic E-state index is -0.137. The van der Waals surface area contributed by atoms with E-state index in [0.717, 1.165) is 21.4 Å². The number of carbonyl (C=O) groups is 1. The zero-order chi connectivity index (χ0) is 19.3. The third-order valence-electron chi connectivity index (χ3n) is 4.00. The summed E-state index contributed by atoms with van der Waals surface area (Å²) in [6.07, 6.45) is 1.63. The Morgan fingerprint density at radius 1 is 1.29 bits per heavy atom. The van der Waals surface area contributed by atoms with Crippen molar-refractivity contribution in [3.8, 4) is 11.5 Å². The first-order chi connectivity index (χ1) is 13.7. The number of fused-ring (bicyclic) bond motifs is 1. The third kappa shape index (κ3) is 4.57. The summed E-state index contributed by atoms with van der Waals surface area (Å²) >= 11 is 2.76. The second kappa shape index (κ2) is 8.53. The van der Waals surface area contributed by atoms with Crippen LogP contribution in [0.2, 0.25) is 0 Å². The van der Waals surface area contributed by atoms with E-state index in [-0.39, 0.29) is 24.5 Å². The fourth-order valence-electron chi connectivity index (χ4n) is 2.59. The van der Waals surface area contributed by atoms with Crippen LogP contribution in [-0.2, 0) is 11.3 Å². The Hall–Kier alpha value is -2.72. The van der Waals surface area contributed by atoms with Gasteiger partial charge >= 0.3 is 0 Å². The summed E-state index contributed by atoms with van der Waals surface area (Å²) in [4.78, 5) is 12.3. The topological polar surface area (TPSA) is 98.5 Å². The number of aromatic nitrogens is 2. The molecule has 2 aromatic heterocycles. The van der Waals surface area contributed by atoms with Crippen molar-refractivity contribution < 1.29 is 18.7 Å². The van der Waals surface area contributed by atoms with Crippen molar-refractivity contribution in [2.75, 3.05) is 17.9 Å². The number of thioether (sulfide) groups is 1. The van der Waals surface area contributed by atoms with Gasteiger partial charge in [0, 0.05) is 0 Å². The van der Waals surface area contributed by atoms with Crippen molar-refractivity contribution in [2.45, 2.75) is 23.8 Å². The van der Waals surface area contributed by atoms with Gasteiger partial charge in [0.25, 0.3) is 0 Å². The smallest absolute Gasteiger partial charge is 0.231 e. The molecule has 0 bridgehead atoms. The van der Waals surface area contributed by atoms with E-state index in [1.165, 1.54) is 23.1 Å². The summed E-state index contributed by atoms with van der Waals surface area (Å²) in [6.45, 7) is 2.71. The van der Waals surface area contributed by atoms with Crippen LogP contribution >= 0.6 is 23.1 Å². The van der Waals surface area contributed by atoms with Gasteiger partial charge in [0.05, 0.1) is 24.6 Å². The number of ether oxygens (including phenoxy) is 2. The monoisotopic (exact) mass is 418 g/mol. The van der Waals surface area contributed by atoms with E-state index in [2.05, 4.69) is 20.8 Å². The second-order valence-electron chi connectivity index (χ2n) is 6.00. The molecule has 146 valence electrons. The molecule has 2 N–H and O–H groups in total.